The number of carboxylic acid groups (broad SMARTS) is 1. The van der Waals surface area contributed by atoms with Crippen LogP contribution in [0.4, 0.5) is 0 Å². The smallest absolute Gasteiger partial charge is 0.303 e. The Morgan fingerprint density at radius 3 is 2.50 bits per heavy atom. The third-order valence-corrected chi connectivity index (χ3v) is 1.53. The van der Waals surface area contributed by atoms with Crippen molar-refractivity contribution in [1.82, 2.24) is 5.32 Å². The van der Waals surface area contributed by atoms with Gasteiger partial charge in [-0.25, -0.2) is 0 Å². The van der Waals surface area contributed by atoms with Gasteiger partial charge in [-0.1, -0.05) is 6.92 Å². The van der Waals surface area contributed by atoms with Crippen LogP contribution in [0.2, 0.25) is 0 Å². The fraction of sp³-hybridized carbons (Fsp3) is 0.750. The first-order chi connectivity index (χ1) is 5.52. The highest BCUT2D eigenvalue weighted by atomic mass is 16.4. The second-order valence-electron chi connectivity index (χ2n) is 2.97. The van der Waals surface area contributed by atoms with Crippen LogP contribution in [0.3, 0.4) is 0 Å². The van der Waals surface area contributed by atoms with E-state index in [0.717, 1.165) is 0 Å². The Hall–Kier alpha value is -1.06. The normalized spacial score (nSPS) is 12.2. The van der Waals surface area contributed by atoms with Gasteiger partial charge in [-0.2, -0.15) is 0 Å². The summed E-state index contributed by atoms with van der Waals surface area (Å²) in [4.78, 5) is 20.6. The lowest BCUT2D eigenvalue weighted by atomic mass is 10.0. The zero-order chi connectivity index (χ0) is 9.56. The van der Waals surface area contributed by atoms with Gasteiger partial charge in [0.1, 0.15) is 0 Å². The van der Waals surface area contributed by atoms with E-state index < -0.39 is 5.97 Å². The van der Waals surface area contributed by atoms with Crippen LogP contribution in [-0.4, -0.2) is 23.5 Å². The van der Waals surface area contributed by atoms with Gasteiger partial charge in [-0.15, -0.1) is 0 Å². The number of hydrogen-bond donors (Lipinski definition) is 2. The summed E-state index contributed by atoms with van der Waals surface area (Å²) in [6, 6.07) is 0. The molecule has 0 aliphatic rings. The van der Waals surface area contributed by atoms with Crippen LogP contribution in [0.1, 0.15) is 26.7 Å². The predicted octanol–water partition coefficient (Wildman–Crippen LogP) is 0.623. The van der Waals surface area contributed by atoms with E-state index in [1.165, 1.54) is 6.92 Å². The molecule has 0 aromatic rings. The monoisotopic (exact) mass is 173 g/mol. The molecular formula is C8H15NO3. The molecule has 12 heavy (non-hydrogen) atoms. The van der Waals surface area contributed by atoms with Crippen LogP contribution >= 0.6 is 0 Å². The quantitative estimate of drug-likeness (QED) is 0.640. The molecule has 0 aliphatic heterocycles. The fourth-order valence-corrected chi connectivity index (χ4v) is 0.895. The minimum Gasteiger partial charge on any atom is -0.481 e. The van der Waals surface area contributed by atoms with Crippen molar-refractivity contribution in [2.45, 2.75) is 26.7 Å². The number of carboxylic acids is 1. The standard InChI is InChI=1S/C8H15NO3/c1-6(5-8(11)12)3-4-9-7(2)10/h6H,3-5H2,1-2H3,(H,9,10)(H,11,12)/t6-/m1/s1. The van der Waals surface area contributed by atoms with Gasteiger partial charge in [0.25, 0.3) is 0 Å². The van der Waals surface area contributed by atoms with Crippen molar-refractivity contribution in [1.29, 1.82) is 0 Å². The van der Waals surface area contributed by atoms with Gasteiger partial charge in [-0.05, 0) is 12.3 Å². The highest BCUT2D eigenvalue weighted by Gasteiger charge is 2.06. The molecule has 0 spiro atoms. The van der Waals surface area contributed by atoms with Crippen molar-refractivity contribution < 1.29 is 14.7 Å². The summed E-state index contributed by atoms with van der Waals surface area (Å²) in [5.41, 5.74) is 0. The second-order valence-corrected chi connectivity index (χ2v) is 2.97. The first-order valence-electron chi connectivity index (χ1n) is 3.98. The van der Waals surface area contributed by atoms with Crippen molar-refractivity contribution in [3.05, 3.63) is 0 Å². The Balaban J connectivity index is 3.37. The molecule has 1 amide bonds. The molecule has 0 fully saturated rings. The predicted molar refractivity (Wildman–Crippen MR) is 44.7 cm³/mol. The summed E-state index contributed by atoms with van der Waals surface area (Å²) in [7, 11) is 0. The van der Waals surface area contributed by atoms with E-state index in [4.69, 9.17) is 5.11 Å². The van der Waals surface area contributed by atoms with Crippen LogP contribution in [0.25, 0.3) is 0 Å². The van der Waals surface area contributed by atoms with E-state index in [1.807, 2.05) is 6.92 Å². The maximum atomic E-state index is 10.4. The molecule has 0 heterocycles. The molecule has 0 radical (unpaired) electrons. The number of carbonyl (C=O) groups excluding carboxylic acids is 1. The van der Waals surface area contributed by atoms with Crippen molar-refractivity contribution in [2.75, 3.05) is 6.54 Å². The zero-order valence-corrected chi connectivity index (χ0v) is 7.46. The molecular weight excluding hydrogens is 158 g/mol. The number of hydrogen-bond acceptors (Lipinski definition) is 2. The van der Waals surface area contributed by atoms with Gasteiger partial charge in [0.2, 0.25) is 5.91 Å². The molecule has 0 bridgehead atoms. The Bertz CT molecular complexity index is 168. The Labute approximate surface area is 72.0 Å². The number of amides is 1. The highest BCUT2D eigenvalue weighted by Crippen LogP contribution is 2.05. The molecule has 0 saturated heterocycles. The molecule has 0 saturated carbocycles. The molecule has 4 heteroatoms. The van der Waals surface area contributed by atoms with Crippen LogP contribution in [0.5, 0.6) is 0 Å². The van der Waals surface area contributed by atoms with E-state index in [0.29, 0.717) is 13.0 Å². The van der Waals surface area contributed by atoms with Gasteiger partial charge >= 0.3 is 5.97 Å². The lowest BCUT2D eigenvalue weighted by molar-refractivity contribution is -0.138. The maximum Gasteiger partial charge on any atom is 0.303 e. The number of carbonyl (C=O) groups is 2. The first kappa shape index (κ1) is 10.9. The SMILES string of the molecule is CC(=O)NCC[C@@H](C)CC(=O)O. The molecule has 1 atom stereocenters. The molecule has 4 nitrogen and oxygen atoms in total. The van der Waals surface area contributed by atoms with Crippen molar-refractivity contribution >= 4 is 11.9 Å². The summed E-state index contributed by atoms with van der Waals surface area (Å²) in [5.74, 6) is -0.739. The topological polar surface area (TPSA) is 66.4 Å². The van der Waals surface area contributed by atoms with E-state index in [-0.39, 0.29) is 18.2 Å². The van der Waals surface area contributed by atoms with Crippen molar-refractivity contribution in [3.63, 3.8) is 0 Å². The Kier molecular flexibility index (Phi) is 5.08. The van der Waals surface area contributed by atoms with Crippen LogP contribution < -0.4 is 5.32 Å². The average Bonchev–Trinajstić information content (AvgIpc) is 1.84. The van der Waals surface area contributed by atoms with Gasteiger partial charge in [0.15, 0.2) is 0 Å². The number of rotatable bonds is 5. The van der Waals surface area contributed by atoms with Crippen LogP contribution in [0.15, 0.2) is 0 Å². The summed E-state index contributed by atoms with van der Waals surface area (Å²) in [5, 5.41) is 11.0. The minimum absolute atomic E-state index is 0.0717. The molecule has 0 aliphatic carbocycles. The summed E-state index contributed by atoms with van der Waals surface area (Å²) in [6.07, 6.45) is 0.880. The summed E-state index contributed by atoms with van der Waals surface area (Å²) >= 11 is 0. The van der Waals surface area contributed by atoms with E-state index in [9.17, 15) is 9.59 Å². The molecule has 2 N–H and O–H groups in total. The molecule has 0 aromatic heterocycles. The zero-order valence-electron chi connectivity index (χ0n) is 7.46. The number of nitrogens with one attached hydrogen (secondary N) is 1. The third kappa shape index (κ3) is 7.05. The average molecular weight is 173 g/mol. The van der Waals surface area contributed by atoms with Gasteiger partial charge in [-0.3, -0.25) is 9.59 Å². The largest absolute Gasteiger partial charge is 0.481 e. The van der Waals surface area contributed by atoms with Crippen LogP contribution in [0, 0.1) is 5.92 Å². The van der Waals surface area contributed by atoms with Crippen LogP contribution in [-0.2, 0) is 9.59 Å². The third-order valence-electron chi connectivity index (χ3n) is 1.53. The lowest BCUT2D eigenvalue weighted by Crippen LogP contribution is -2.22. The Morgan fingerprint density at radius 2 is 2.08 bits per heavy atom. The van der Waals surface area contributed by atoms with E-state index in [2.05, 4.69) is 5.32 Å². The lowest BCUT2D eigenvalue weighted by Gasteiger charge is -2.07. The van der Waals surface area contributed by atoms with Gasteiger partial charge in [0.05, 0.1) is 0 Å². The van der Waals surface area contributed by atoms with Crippen molar-refractivity contribution in [2.24, 2.45) is 5.92 Å². The maximum absolute atomic E-state index is 10.4. The van der Waals surface area contributed by atoms with E-state index in [1.54, 1.807) is 0 Å². The minimum atomic E-state index is -0.787. The van der Waals surface area contributed by atoms with Gasteiger partial charge in [0, 0.05) is 19.9 Å². The molecule has 0 rings (SSSR count). The summed E-state index contributed by atoms with van der Waals surface area (Å²) < 4.78 is 0. The number of aliphatic carboxylic acids is 1. The van der Waals surface area contributed by atoms with E-state index >= 15 is 0 Å². The van der Waals surface area contributed by atoms with Crippen molar-refractivity contribution in [3.8, 4) is 0 Å². The fourth-order valence-electron chi connectivity index (χ4n) is 0.895. The highest BCUT2D eigenvalue weighted by molar-refractivity contribution is 5.72. The second kappa shape index (κ2) is 5.57. The molecule has 0 unspecified atom stereocenters. The van der Waals surface area contributed by atoms with Gasteiger partial charge < -0.3 is 10.4 Å². The molecule has 70 valence electrons. The first-order valence-corrected chi connectivity index (χ1v) is 3.98. The Morgan fingerprint density at radius 1 is 1.50 bits per heavy atom. The molecule has 0 aromatic carbocycles. The summed E-state index contributed by atoms with van der Waals surface area (Å²) in [6.45, 7) is 3.86.